The van der Waals surface area contributed by atoms with Gasteiger partial charge in [0.2, 0.25) is 0 Å². The van der Waals surface area contributed by atoms with E-state index in [0.717, 1.165) is 3.79 Å². The molecule has 0 saturated carbocycles. The Morgan fingerprint density at radius 2 is 2.46 bits per heavy atom. The summed E-state index contributed by atoms with van der Waals surface area (Å²) in [4.78, 5) is 11.4. The molecule has 1 amide bonds. The summed E-state index contributed by atoms with van der Waals surface area (Å²) in [6.45, 7) is 3.77. The molecule has 1 aromatic rings. The Bertz CT molecular complexity index is 337. The number of carbonyl (C=O) groups excluding carboxylic acids is 1. The van der Waals surface area contributed by atoms with Crippen LogP contribution in [0.2, 0.25) is 0 Å². The summed E-state index contributed by atoms with van der Waals surface area (Å²) < 4.78 is 0.824. The van der Waals surface area contributed by atoms with Crippen LogP contribution in [-0.4, -0.2) is 12.5 Å². The minimum atomic E-state index is -0.144. The number of hydrogen-bond donors (Lipinski definition) is 1. The predicted molar refractivity (Wildman–Crippen MR) is 59.3 cm³/mol. The molecule has 5 heteroatoms. The topological polar surface area (TPSA) is 29.1 Å². The third kappa shape index (κ3) is 3.14. The molecule has 0 saturated heterocycles. The number of carbonyl (C=O) groups is 1. The van der Waals surface area contributed by atoms with Crippen LogP contribution in [0.15, 0.2) is 26.8 Å². The van der Waals surface area contributed by atoms with Crippen LogP contribution in [0.4, 0.5) is 0 Å². The molecule has 0 fully saturated rings. The number of hydrogen-bond acceptors (Lipinski definition) is 2. The van der Waals surface area contributed by atoms with E-state index in [-0.39, 0.29) is 5.91 Å². The van der Waals surface area contributed by atoms with Gasteiger partial charge in [-0.1, -0.05) is 18.2 Å². The summed E-state index contributed by atoms with van der Waals surface area (Å²) in [5.74, 6) is -0.144. The first-order valence-corrected chi connectivity index (χ1v) is 5.51. The lowest BCUT2D eigenvalue weighted by atomic mass is 10.3. The molecule has 1 N–H and O–H groups in total. The van der Waals surface area contributed by atoms with Gasteiger partial charge in [-0.3, -0.25) is 4.79 Å². The Hall–Kier alpha value is -0.320. The van der Waals surface area contributed by atoms with Crippen LogP contribution in [0, 0.1) is 0 Å². The molecular weight excluding hydrogens is 274 g/mol. The second-order valence-electron chi connectivity index (χ2n) is 2.31. The zero-order chi connectivity index (χ0) is 9.84. The maximum absolute atomic E-state index is 11.4. The number of rotatable bonds is 3. The van der Waals surface area contributed by atoms with Crippen LogP contribution in [-0.2, 0) is 0 Å². The highest BCUT2D eigenvalue weighted by molar-refractivity contribution is 9.11. The van der Waals surface area contributed by atoms with Gasteiger partial charge in [-0.2, -0.15) is 0 Å². The molecule has 2 nitrogen and oxygen atoms in total. The fourth-order valence-electron chi connectivity index (χ4n) is 0.727. The van der Waals surface area contributed by atoms with E-state index in [0.29, 0.717) is 17.1 Å². The minimum Gasteiger partial charge on any atom is -0.347 e. The zero-order valence-electron chi connectivity index (χ0n) is 6.64. The van der Waals surface area contributed by atoms with Crippen LogP contribution in [0.25, 0.3) is 0 Å². The van der Waals surface area contributed by atoms with Gasteiger partial charge in [-0.15, -0.1) is 11.3 Å². The van der Waals surface area contributed by atoms with E-state index in [1.807, 2.05) is 5.38 Å². The van der Waals surface area contributed by atoms with Crippen molar-refractivity contribution in [2.24, 2.45) is 0 Å². The van der Waals surface area contributed by atoms with Gasteiger partial charge in [0.05, 0.1) is 15.9 Å². The third-order valence-corrected chi connectivity index (χ3v) is 3.12. The smallest absolute Gasteiger partial charge is 0.253 e. The van der Waals surface area contributed by atoms with Gasteiger partial charge in [0.15, 0.2) is 0 Å². The van der Waals surface area contributed by atoms with E-state index in [9.17, 15) is 4.79 Å². The molecule has 0 radical (unpaired) electrons. The van der Waals surface area contributed by atoms with E-state index in [1.54, 1.807) is 6.07 Å². The molecule has 1 aromatic heterocycles. The predicted octanol–water partition coefficient (Wildman–Crippen LogP) is 2.99. The van der Waals surface area contributed by atoms with Crippen LogP contribution in [0.3, 0.4) is 0 Å². The molecule has 0 bridgehead atoms. The Labute approximate surface area is 93.7 Å². The van der Waals surface area contributed by atoms with Gasteiger partial charge < -0.3 is 5.32 Å². The molecule has 0 aliphatic rings. The normalized spacial score (nSPS) is 9.69. The van der Waals surface area contributed by atoms with Crippen LogP contribution < -0.4 is 5.32 Å². The van der Waals surface area contributed by atoms with Crippen molar-refractivity contribution in [3.05, 3.63) is 32.4 Å². The Balaban J connectivity index is 2.59. The van der Waals surface area contributed by atoms with Crippen LogP contribution in [0.1, 0.15) is 10.4 Å². The summed E-state index contributed by atoms with van der Waals surface area (Å²) in [5.41, 5.74) is 0.628. The summed E-state index contributed by atoms with van der Waals surface area (Å²) in [6, 6.07) is 1.75. The fourth-order valence-corrected chi connectivity index (χ4v) is 2.04. The first-order valence-electron chi connectivity index (χ1n) is 3.45. The van der Waals surface area contributed by atoms with E-state index < -0.39 is 0 Å². The van der Waals surface area contributed by atoms with Crippen molar-refractivity contribution in [3.63, 3.8) is 0 Å². The molecule has 0 aliphatic carbocycles. The van der Waals surface area contributed by atoms with E-state index >= 15 is 0 Å². The first kappa shape index (κ1) is 10.8. The molecule has 1 heterocycles. The summed E-state index contributed by atoms with van der Waals surface area (Å²) >= 11 is 10.2. The Kier molecular flexibility index (Phi) is 3.96. The highest BCUT2D eigenvalue weighted by Gasteiger charge is 2.09. The molecule has 13 heavy (non-hydrogen) atoms. The lowest BCUT2D eigenvalue weighted by Gasteiger charge is -2.01. The van der Waals surface area contributed by atoms with E-state index in [2.05, 4.69) is 27.8 Å². The van der Waals surface area contributed by atoms with Gasteiger partial charge in [0.1, 0.15) is 0 Å². The van der Waals surface area contributed by atoms with Crippen molar-refractivity contribution in [1.82, 2.24) is 5.32 Å². The molecule has 0 aromatic carbocycles. The number of amides is 1. The zero-order valence-corrected chi connectivity index (χ0v) is 9.80. The second-order valence-corrected chi connectivity index (χ2v) is 5.08. The van der Waals surface area contributed by atoms with Crippen LogP contribution >= 0.6 is 38.9 Å². The Morgan fingerprint density at radius 3 is 2.92 bits per heavy atom. The highest BCUT2D eigenvalue weighted by Crippen LogP contribution is 2.23. The monoisotopic (exact) mass is 279 g/mol. The molecule has 1 rings (SSSR count). The fraction of sp³-hybridized carbons (Fsp3) is 0.125. The molecule has 0 aliphatic heterocycles. The minimum absolute atomic E-state index is 0.144. The van der Waals surface area contributed by atoms with Gasteiger partial charge in [0.25, 0.3) is 5.91 Å². The lowest BCUT2D eigenvalue weighted by molar-refractivity contribution is 0.0957. The quantitative estimate of drug-likeness (QED) is 0.906. The molecule has 0 spiro atoms. The van der Waals surface area contributed by atoms with E-state index in [1.165, 1.54) is 11.3 Å². The third-order valence-electron chi connectivity index (χ3n) is 1.30. The number of thiophene rings is 1. The van der Waals surface area contributed by atoms with Crippen molar-refractivity contribution in [1.29, 1.82) is 0 Å². The van der Waals surface area contributed by atoms with Gasteiger partial charge in [-0.05, 0) is 27.4 Å². The summed E-state index contributed by atoms with van der Waals surface area (Å²) in [5, 5.41) is 4.89. The highest BCUT2D eigenvalue weighted by atomic mass is 79.9. The van der Waals surface area contributed by atoms with Crippen LogP contribution in [0.5, 0.6) is 0 Å². The van der Waals surface area contributed by atoms with Gasteiger partial charge >= 0.3 is 0 Å². The lowest BCUT2D eigenvalue weighted by Crippen LogP contribution is -2.24. The Morgan fingerprint density at radius 1 is 1.77 bits per heavy atom. The maximum atomic E-state index is 11.4. The molecular formula is C8H7BrClNOS. The summed E-state index contributed by atoms with van der Waals surface area (Å²) in [6.07, 6.45) is 0. The first-order chi connectivity index (χ1) is 6.11. The summed E-state index contributed by atoms with van der Waals surface area (Å²) in [7, 11) is 0. The van der Waals surface area contributed by atoms with Crippen molar-refractivity contribution < 1.29 is 4.79 Å². The number of nitrogens with one attached hydrogen (secondary N) is 1. The van der Waals surface area contributed by atoms with Gasteiger partial charge in [-0.25, -0.2) is 0 Å². The number of halogens is 2. The molecule has 0 unspecified atom stereocenters. The van der Waals surface area contributed by atoms with E-state index in [4.69, 9.17) is 11.6 Å². The average molecular weight is 281 g/mol. The maximum Gasteiger partial charge on any atom is 0.253 e. The van der Waals surface area contributed by atoms with Crippen molar-refractivity contribution in [2.75, 3.05) is 6.54 Å². The van der Waals surface area contributed by atoms with Gasteiger partial charge in [0, 0.05) is 5.03 Å². The standard InChI is InChI=1S/C8H7BrClNOS/c1-5(10)4-11-8(12)6-2-3-13-7(6)9/h2-3H,1,4H2,(H,11,12). The molecule has 0 atom stereocenters. The van der Waals surface area contributed by atoms with Crippen molar-refractivity contribution in [3.8, 4) is 0 Å². The largest absolute Gasteiger partial charge is 0.347 e. The molecule has 70 valence electrons. The van der Waals surface area contributed by atoms with Crippen molar-refractivity contribution in [2.45, 2.75) is 0 Å². The average Bonchev–Trinajstić information content (AvgIpc) is 2.47. The van der Waals surface area contributed by atoms with Crippen molar-refractivity contribution >= 4 is 44.8 Å². The second kappa shape index (κ2) is 4.79. The SMILES string of the molecule is C=C(Cl)CNC(=O)c1ccsc1Br.